The molecule has 0 aliphatic heterocycles. The van der Waals surface area contributed by atoms with E-state index in [1.165, 1.54) is 11.1 Å². The van der Waals surface area contributed by atoms with Gasteiger partial charge >= 0.3 is 0 Å². The Bertz CT molecular complexity index is 285. The van der Waals surface area contributed by atoms with Crippen LogP contribution in [0.4, 0.5) is 0 Å². The summed E-state index contributed by atoms with van der Waals surface area (Å²) < 4.78 is 0. The van der Waals surface area contributed by atoms with Gasteiger partial charge in [0.25, 0.3) is 0 Å². The van der Waals surface area contributed by atoms with Gasteiger partial charge in [-0.1, -0.05) is 63.7 Å². The number of nitrogens with zero attached hydrogens (tertiary/aromatic N) is 2. The summed E-state index contributed by atoms with van der Waals surface area (Å²) in [5.74, 6) is 0. The minimum Gasteiger partial charge on any atom is -0.154 e. The van der Waals surface area contributed by atoms with Crippen LogP contribution in [0.1, 0.15) is 22.5 Å². The molecule has 0 atom stereocenters. The first-order chi connectivity index (χ1) is 6.78. The molecular formula is C8H8Br4N2. The number of halogens is 4. The summed E-state index contributed by atoms with van der Waals surface area (Å²) in [7, 11) is 0. The highest BCUT2D eigenvalue weighted by atomic mass is 79.9. The largest absolute Gasteiger partial charge is 0.154 e. The van der Waals surface area contributed by atoms with Gasteiger partial charge in [0.15, 0.2) is 0 Å². The Balaban J connectivity index is 3.28. The van der Waals surface area contributed by atoms with Gasteiger partial charge in [-0.05, 0) is 11.1 Å². The molecule has 0 amide bonds. The van der Waals surface area contributed by atoms with Crippen LogP contribution in [0.3, 0.4) is 0 Å². The predicted octanol–water partition coefficient (Wildman–Crippen LogP) is 4.06. The number of alkyl halides is 4. The Morgan fingerprint density at radius 3 is 1.21 bits per heavy atom. The normalized spacial score (nSPS) is 10.6. The highest BCUT2D eigenvalue weighted by molar-refractivity contribution is 9.09. The second-order valence-electron chi connectivity index (χ2n) is 2.59. The van der Waals surface area contributed by atoms with E-state index in [2.05, 4.69) is 73.9 Å². The van der Waals surface area contributed by atoms with E-state index in [-0.39, 0.29) is 0 Å². The standard InChI is InChI=1S/C8H8Br4N2/c9-1-5-6(2-10)8(4-12)14-13-7(5)3-11/h1-4H2. The topological polar surface area (TPSA) is 25.8 Å². The van der Waals surface area contributed by atoms with Crippen LogP contribution >= 0.6 is 63.7 Å². The first-order valence-electron chi connectivity index (χ1n) is 3.88. The lowest BCUT2D eigenvalue weighted by Gasteiger charge is -2.10. The van der Waals surface area contributed by atoms with E-state index in [0.717, 1.165) is 32.7 Å². The van der Waals surface area contributed by atoms with Crippen molar-refractivity contribution in [1.82, 2.24) is 10.2 Å². The fraction of sp³-hybridized carbons (Fsp3) is 0.500. The van der Waals surface area contributed by atoms with E-state index >= 15 is 0 Å². The maximum Gasteiger partial charge on any atom is 0.0780 e. The average Bonchev–Trinajstić information content (AvgIpc) is 2.26. The lowest BCUT2D eigenvalue weighted by atomic mass is 10.1. The molecule has 0 unspecified atom stereocenters. The summed E-state index contributed by atoms with van der Waals surface area (Å²) >= 11 is 13.8. The van der Waals surface area contributed by atoms with E-state index in [1.807, 2.05) is 0 Å². The summed E-state index contributed by atoms with van der Waals surface area (Å²) in [4.78, 5) is 0. The summed E-state index contributed by atoms with van der Waals surface area (Å²) in [5.41, 5.74) is 4.45. The van der Waals surface area contributed by atoms with Crippen molar-refractivity contribution < 1.29 is 0 Å². The molecule has 14 heavy (non-hydrogen) atoms. The highest BCUT2D eigenvalue weighted by Gasteiger charge is 2.12. The molecule has 0 saturated carbocycles. The molecule has 0 aliphatic rings. The van der Waals surface area contributed by atoms with E-state index < -0.39 is 0 Å². The maximum absolute atomic E-state index is 4.17. The Hall–Kier alpha value is 1.000. The van der Waals surface area contributed by atoms with Crippen LogP contribution in [0.25, 0.3) is 0 Å². The Kier molecular flexibility index (Phi) is 6.12. The van der Waals surface area contributed by atoms with Crippen LogP contribution in [0.15, 0.2) is 0 Å². The Morgan fingerprint density at radius 1 is 0.643 bits per heavy atom. The third-order valence-electron chi connectivity index (χ3n) is 1.87. The third-order valence-corrected chi connectivity index (χ3v) is 4.06. The number of aromatic nitrogens is 2. The van der Waals surface area contributed by atoms with E-state index in [0.29, 0.717) is 0 Å². The molecule has 0 bridgehead atoms. The van der Waals surface area contributed by atoms with Gasteiger partial charge in [0.2, 0.25) is 0 Å². The van der Waals surface area contributed by atoms with Crippen LogP contribution in [0.2, 0.25) is 0 Å². The molecule has 0 aliphatic carbocycles. The minimum absolute atomic E-state index is 0.740. The summed E-state index contributed by atoms with van der Waals surface area (Å²) in [6, 6.07) is 0. The zero-order valence-electron chi connectivity index (χ0n) is 7.23. The van der Waals surface area contributed by atoms with Crippen molar-refractivity contribution >= 4 is 63.7 Å². The maximum atomic E-state index is 4.17. The highest BCUT2D eigenvalue weighted by Crippen LogP contribution is 2.23. The molecule has 0 radical (unpaired) electrons. The van der Waals surface area contributed by atoms with E-state index in [9.17, 15) is 0 Å². The van der Waals surface area contributed by atoms with Crippen molar-refractivity contribution in [3.8, 4) is 0 Å². The molecule has 1 aromatic heterocycles. The molecule has 1 aromatic rings. The van der Waals surface area contributed by atoms with Crippen LogP contribution in [-0.2, 0) is 21.3 Å². The van der Waals surface area contributed by atoms with Crippen molar-refractivity contribution in [3.05, 3.63) is 22.5 Å². The molecule has 78 valence electrons. The quantitative estimate of drug-likeness (QED) is 0.645. The van der Waals surface area contributed by atoms with Gasteiger partial charge in [0.1, 0.15) is 0 Å². The fourth-order valence-electron chi connectivity index (χ4n) is 1.12. The molecule has 1 rings (SSSR count). The number of hydrogen-bond donors (Lipinski definition) is 0. The Labute approximate surface area is 117 Å². The summed E-state index contributed by atoms with van der Waals surface area (Å²) in [6.45, 7) is 0. The van der Waals surface area contributed by atoms with Gasteiger partial charge in [0.05, 0.1) is 11.4 Å². The molecule has 0 spiro atoms. The average molecular weight is 452 g/mol. The van der Waals surface area contributed by atoms with Crippen molar-refractivity contribution in [1.29, 1.82) is 0 Å². The van der Waals surface area contributed by atoms with Crippen LogP contribution < -0.4 is 0 Å². The van der Waals surface area contributed by atoms with Crippen LogP contribution in [0, 0.1) is 0 Å². The van der Waals surface area contributed by atoms with Gasteiger partial charge in [-0.3, -0.25) is 0 Å². The van der Waals surface area contributed by atoms with E-state index in [1.54, 1.807) is 0 Å². The molecule has 1 heterocycles. The van der Waals surface area contributed by atoms with Crippen molar-refractivity contribution in [3.63, 3.8) is 0 Å². The van der Waals surface area contributed by atoms with Gasteiger partial charge in [-0.2, -0.15) is 10.2 Å². The monoisotopic (exact) mass is 448 g/mol. The third kappa shape index (κ3) is 2.77. The molecule has 2 nitrogen and oxygen atoms in total. The second-order valence-corrected chi connectivity index (χ2v) is 4.83. The number of rotatable bonds is 4. The van der Waals surface area contributed by atoms with Gasteiger partial charge in [-0.15, -0.1) is 0 Å². The first-order valence-corrected chi connectivity index (χ1v) is 8.37. The van der Waals surface area contributed by atoms with Crippen LogP contribution in [0.5, 0.6) is 0 Å². The fourth-order valence-corrected chi connectivity index (χ4v) is 3.35. The molecular weight excluding hydrogens is 444 g/mol. The molecule has 0 fully saturated rings. The van der Waals surface area contributed by atoms with Gasteiger partial charge < -0.3 is 0 Å². The van der Waals surface area contributed by atoms with Crippen molar-refractivity contribution in [2.75, 3.05) is 0 Å². The molecule has 6 heteroatoms. The zero-order chi connectivity index (χ0) is 10.6. The predicted molar refractivity (Wildman–Crippen MR) is 72.6 cm³/mol. The lowest BCUT2D eigenvalue weighted by molar-refractivity contribution is 0.891. The van der Waals surface area contributed by atoms with Crippen molar-refractivity contribution in [2.45, 2.75) is 21.3 Å². The van der Waals surface area contributed by atoms with Crippen molar-refractivity contribution in [2.24, 2.45) is 0 Å². The lowest BCUT2D eigenvalue weighted by Crippen LogP contribution is -2.05. The van der Waals surface area contributed by atoms with Gasteiger partial charge in [-0.25, -0.2) is 0 Å². The number of hydrogen-bond acceptors (Lipinski definition) is 2. The molecule has 0 saturated heterocycles. The summed E-state index contributed by atoms with van der Waals surface area (Å²) in [6.07, 6.45) is 0. The molecule has 0 N–H and O–H groups in total. The Morgan fingerprint density at radius 2 is 1.00 bits per heavy atom. The van der Waals surface area contributed by atoms with E-state index in [4.69, 9.17) is 0 Å². The van der Waals surface area contributed by atoms with Crippen LogP contribution in [-0.4, -0.2) is 10.2 Å². The first kappa shape index (κ1) is 13.1. The van der Waals surface area contributed by atoms with Gasteiger partial charge in [0, 0.05) is 21.3 Å². The summed E-state index contributed by atoms with van der Waals surface area (Å²) in [5, 5.41) is 11.4. The smallest absolute Gasteiger partial charge is 0.0780 e. The SMILES string of the molecule is BrCc1nnc(CBr)c(CBr)c1CBr. The zero-order valence-corrected chi connectivity index (χ0v) is 13.6. The minimum atomic E-state index is 0.740. The molecule has 0 aromatic carbocycles. The second kappa shape index (κ2) is 6.55.